The van der Waals surface area contributed by atoms with E-state index in [0.717, 1.165) is 13.0 Å². The van der Waals surface area contributed by atoms with Crippen LogP contribution in [0.2, 0.25) is 0 Å². The zero-order chi connectivity index (χ0) is 11.1. The van der Waals surface area contributed by atoms with Crippen LogP contribution in [0.25, 0.3) is 0 Å². The molecule has 0 aliphatic carbocycles. The van der Waals surface area contributed by atoms with E-state index < -0.39 is 0 Å². The monoisotopic (exact) mass is 216 g/mol. The van der Waals surface area contributed by atoms with Crippen LogP contribution in [0.15, 0.2) is 24.3 Å². The van der Waals surface area contributed by atoms with Crippen LogP contribution in [0.1, 0.15) is 30.0 Å². The number of carbonyl (C=O) groups is 1. The molecule has 0 aromatic heterocycles. The van der Waals surface area contributed by atoms with Crippen LogP contribution in [-0.2, 0) is 11.3 Å². The topological polar surface area (TPSA) is 32.3 Å². The summed E-state index contributed by atoms with van der Waals surface area (Å²) in [6, 6.07) is 9.09. The third-order valence-corrected chi connectivity index (χ3v) is 3.80. The Hall–Kier alpha value is -1.35. The lowest BCUT2D eigenvalue weighted by Gasteiger charge is -2.38. The quantitative estimate of drug-likeness (QED) is 0.770. The summed E-state index contributed by atoms with van der Waals surface area (Å²) in [5, 5.41) is 3.36. The summed E-state index contributed by atoms with van der Waals surface area (Å²) in [6.45, 7) is 0.790. The molecule has 0 unspecified atom stereocenters. The highest BCUT2D eigenvalue weighted by Gasteiger charge is 2.40. The van der Waals surface area contributed by atoms with E-state index in [1.165, 1.54) is 11.1 Å². The van der Waals surface area contributed by atoms with Crippen molar-refractivity contribution in [1.82, 2.24) is 10.2 Å². The van der Waals surface area contributed by atoms with Crippen LogP contribution >= 0.6 is 0 Å². The van der Waals surface area contributed by atoms with Crippen molar-refractivity contribution in [3.63, 3.8) is 0 Å². The molecule has 84 valence electrons. The maximum atomic E-state index is 11.8. The Bertz CT molecular complexity index is 430. The first-order chi connectivity index (χ1) is 7.81. The Morgan fingerprint density at radius 3 is 3.00 bits per heavy atom. The molecule has 3 nitrogen and oxygen atoms in total. The number of nitrogens with one attached hydrogen (secondary N) is 1. The van der Waals surface area contributed by atoms with E-state index in [-0.39, 0.29) is 0 Å². The van der Waals surface area contributed by atoms with Gasteiger partial charge in [0.1, 0.15) is 0 Å². The van der Waals surface area contributed by atoms with Gasteiger partial charge in [-0.05, 0) is 24.6 Å². The van der Waals surface area contributed by atoms with Crippen LogP contribution in [0, 0.1) is 0 Å². The third kappa shape index (κ3) is 1.28. The first-order valence-electron chi connectivity index (χ1n) is 5.86. The van der Waals surface area contributed by atoms with Crippen molar-refractivity contribution in [2.24, 2.45) is 0 Å². The first-order valence-corrected chi connectivity index (χ1v) is 5.86. The van der Waals surface area contributed by atoms with Crippen molar-refractivity contribution in [1.29, 1.82) is 0 Å². The molecule has 1 aromatic carbocycles. The molecular weight excluding hydrogens is 200 g/mol. The van der Waals surface area contributed by atoms with Gasteiger partial charge in [-0.25, -0.2) is 0 Å². The minimum absolute atomic E-state index is 0.302. The average Bonchev–Trinajstić information content (AvgIpc) is 2.68. The van der Waals surface area contributed by atoms with Crippen molar-refractivity contribution in [2.75, 3.05) is 7.05 Å². The molecule has 0 saturated carbocycles. The number of hydrogen-bond donors (Lipinski definition) is 1. The van der Waals surface area contributed by atoms with E-state index in [0.29, 0.717) is 24.4 Å². The van der Waals surface area contributed by atoms with Gasteiger partial charge in [0.05, 0.1) is 12.1 Å². The highest BCUT2D eigenvalue weighted by atomic mass is 16.2. The predicted octanol–water partition coefficient (Wildman–Crippen LogP) is 1.45. The molecular formula is C13H16N2O. The summed E-state index contributed by atoms with van der Waals surface area (Å²) in [7, 11) is 1.98. The standard InChI is InChI=1S/C13H16N2O/c1-14-13-10-5-3-2-4-9(10)8-15-11(13)6-7-12(15)16/h2-5,11,13-14H,6-8H2,1H3/t11-,13-/m1/s1. The Morgan fingerprint density at radius 1 is 1.38 bits per heavy atom. The van der Waals surface area contributed by atoms with Gasteiger partial charge < -0.3 is 10.2 Å². The lowest BCUT2D eigenvalue weighted by molar-refractivity contribution is -0.130. The maximum Gasteiger partial charge on any atom is 0.223 e. The number of carbonyl (C=O) groups excluding carboxylic acids is 1. The fourth-order valence-electron chi connectivity index (χ4n) is 3.03. The van der Waals surface area contributed by atoms with Gasteiger partial charge in [-0.3, -0.25) is 4.79 Å². The number of hydrogen-bond acceptors (Lipinski definition) is 2. The van der Waals surface area contributed by atoms with E-state index >= 15 is 0 Å². The molecule has 0 bridgehead atoms. The fourth-order valence-corrected chi connectivity index (χ4v) is 3.03. The molecule has 3 rings (SSSR count). The van der Waals surface area contributed by atoms with Gasteiger partial charge in [-0.15, -0.1) is 0 Å². The highest BCUT2D eigenvalue weighted by Crippen LogP contribution is 2.37. The van der Waals surface area contributed by atoms with E-state index in [2.05, 4.69) is 23.5 Å². The Kier molecular flexibility index (Phi) is 2.21. The number of fused-ring (bicyclic) bond motifs is 2. The second-order valence-corrected chi connectivity index (χ2v) is 4.59. The maximum absolute atomic E-state index is 11.8. The number of rotatable bonds is 1. The van der Waals surface area contributed by atoms with E-state index in [4.69, 9.17) is 0 Å². The van der Waals surface area contributed by atoms with Gasteiger partial charge in [0.2, 0.25) is 5.91 Å². The molecule has 3 heteroatoms. The summed E-state index contributed by atoms with van der Waals surface area (Å²) >= 11 is 0. The minimum Gasteiger partial charge on any atom is -0.333 e. The summed E-state index contributed by atoms with van der Waals surface area (Å²) in [6.07, 6.45) is 1.69. The molecule has 0 spiro atoms. The van der Waals surface area contributed by atoms with Gasteiger partial charge in [0, 0.05) is 13.0 Å². The third-order valence-electron chi connectivity index (χ3n) is 3.80. The fraction of sp³-hybridized carbons (Fsp3) is 0.462. The molecule has 1 fully saturated rings. The molecule has 16 heavy (non-hydrogen) atoms. The zero-order valence-electron chi connectivity index (χ0n) is 9.44. The van der Waals surface area contributed by atoms with Crippen LogP contribution in [0.3, 0.4) is 0 Å². The van der Waals surface area contributed by atoms with Crippen LogP contribution in [0.4, 0.5) is 0 Å². The molecule has 1 aromatic rings. The van der Waals surface area contributed by atoms with E-state index in [9.17, 15) is 4.79 Å². The van der Waals surface area contributed by atoms with Gasteiger partial charge >= 0.3 is 0 Å². The molecule has 2 aliphatic heterocycles. The molecule has 1 saturated heterocycles. The van der Waals surface area contributed by atoms with Crippen molar-refractivity contribution in [2.45, 2.75) is 31.5 Å². The van der Waals surface area contributed by atoms with Crippen molar-refractivity contribution >= 4 is 5.91 Å². The SMILES string of the molecule is CN[C@@H]1c2ccccc2CN2C(=O)CC[C@H]12. The lowest BCUT2D eigenvalue weighted by atomic mass is 9.89. The van der Waals surface area contributed by atoms with Crippen molar-refractivity contribution in [3.8, 4) is 0 Å². The number of benzene rings is 1. The Balaban J connectivity index is 2.06. The van der Waals surface area contributed by atoms with E-state index in [1.807, 2.05) is 18.0 Å². The Morgan fingerprint density at radius 2 is 2.19 bits per heavy atom. The molecule has 1 N–H and O–H groups in total. The smallest absolute Gasteiger partial charge is 0.223 e. The van der Waals surface area contributed by atoms with Gasteiger partial charge in [-0.2, -0.15) is 0 Å². The van der Waals surface area contributed by atoms with Gasteiger partial charge in [-0.1, -0.05) is 24.3 Å². The van der Waals surface area contributed by atoms with E-state index in [1.54, 1.807) is 0 Å². The summed E-state index contributed by atoms with van der Waals surface area (Å²) < 4.78 is 0. The molecule has 2 aliphatic rings. The second kappa shape index (κ2) is 3.59. The predicted molar refractivity (Wildman–Crippen MR) is 61.8 cm³/mol. The molecule has 0 radical (unpaired) electrons. The van der Waals surface area contributed by atoms with Gasteiger partial charge in [0.15, 0.2) is 0 Å². The van der Waals surface area contributed by atoms with Crippen molar-refractivity contribution in [3.05, 3.63) is 35.4 Å². The second-order valence-electron chi connectivity index (χ2n) is 4.59. The molecule has 2 heterocycles. The van der Waals surface area contributed by atoms with Gasteiger partial charge in [0.25, 0.3) is 0 Å². The first kappa shape index (κ1) is 9.85. The number of nitrogens with zero attached hydrogens (tertiary/aromatic N) is 1. The molecule has 1 amide bonds. The largest absolute Gasteiger partial charge is 0.333 e. The Labute approximate surface area is 95.4 Å². The number of likely N-dealkylation sites (N-methyl/N-ethyl adjacent to an activating group) is 1. The zero-order valence-corrected chi connectivity index (χ0v) is 9.44. The summed E-state index contributed by atoms with van der Waals surface area (Å²) in [5.41, 5.74) is 2.65. The summed E-state index contributed by atoms with van der Waals surface area (Å²) in [5.74, 6) is 0.305. The average molecular weight is 216 g/mol. The number of amides is 1. The van der Waals surface area contributed by atoms with Crippen molar-refractivity contribution < 1.29 is 4.79 Å². The van der Waals surface area contributed by atoms with Crippen LogP contribution < -0.4 is 5.32 Å². The molecule has 2 atom stereocenters. The highest BCUT2D eigenvalue weighted by molar-refractivity contribution is 5.79. The summed E-state index contributed by atoms with van der Waals surface area (Å²) in [4.78, 5) is 13.8. The van der Waals surface area contributed by atoms with Crippen LogP contribution in [0.5, 0.6) is 0 Å². The normalized spacial score (nSPS) is 27.8. The lowest BCUT2D eigenvalue weighted by Crippen LogP contribution is -2.45. The van der Waals surface area contributed by atoms with Crippen LogP contribution in [-0.4, -0.2) is 23.9 Å². The minimum atomic E-state index is 0.302.